The van der Waals surface area contributed by atoms with Gasteiger partial charge in [-0.25, -0.2) is 18.3 Å². The monoisotopic (exact) mass is 565 g/mol. The molecule has 4 heterocycles. The number of rotatable bonds is 6. The molecule has 1 atom stereocenters. The summed E-state index contributed by atoms with van der Waals surface area (Å²) in [5.41, 5.74) is 2.63. The zero-order chi connectivity index (χ0) is 27.8. The largest absolute Gasteiger partial charge is 0.349 e. The number of nitrogens with zero attached hydrogens (tertiary/aromatic N) is 6. The highest BCUT2D eigenvalue weighted by atomic mass is 35.5. The molecule has 208 valence electrons. The molecule has 1 N–H and O–H groups in total. The second-order valence-electron chi connectivity index (χ2n) is 10.5. The SMILES string of the molecule is CN1CCN(Cc2ccc(C(=O)Nc3cnn4ccc(N5CCCC5c5cc(F)ccc5F)nc34)cc2Cl)CC1. The quantitative estimate of drug-likeness (QED) is 0.355. The van der Waals surface area contributed by atoms with E-state index in [0.717, 1.165) is 56.8 Å². The van der Waals surface area contributed by atoms with Gasteiger partial charge >= 0.3 is 0 Å². The van der Waals surface area contributed by atoms with Crippen LogP contribution in [0.25, 0.3) is 5.65 Å². The van der Waals surface area contributed by atoms with Gasteiger partial charge in [0, 0.05) is 61.6 Å². The molecule has 0 spiro atoms. The first kappa shape index (κ1) is 26.6. The van der Waals surface area contributed by atoms with Gasteiger partial charge in [0.15, 0.2) is 5.65 Å². The zero-order valence-corrected chi connectivity index (χ0v) is 22.9. The Labute approximate surface area is 236 Å². The number of piperazine rings is 1. The fourth-order valence-electron chi connectivity index (χ4n) is 5.50. The summed E-state index contributed by atoms with van der Waals surface area (Å²) in [5.74, 6) is -0.633. The van der Waals surface area contributed by atoms with Gasteiger partial charge in [-0.15, -0.1) is 0 Å². The van der Waals surface area contributed by atoms with Gasteiger partial charge in [0.1, 0.15) is 23.1 Å². The van der Waals surface area contributed by atoms with Crippen molar-refractivity contribution in [2.45, 2.75) is 25.4 Å². The van der Waals surface area contributed by atoms with Crippen LogP contribution in [0.5, 0.6) is 0 Å². The van der Waals surface area contributed by atoms with Gasteiger partial charge in [0.2, 0.25) is 0 Å². The maximum absolute atomic E-state index is 14.6. The summed E-state index contributed by atoms with van der Waals surface area (Å²) in [6.07, 6.45) is 4.79. The van der Waals surface area contributed by atoms with Gasteiger partial charge in [-0.3, -0.25) is 9.69 Å². The van der Waals surface area contributed by atoms with E-state index in [1.54, 1.807) is 35.1 Å². The van der Waals surface area contributed by atoms with Crippen molar-refractivity contribution in [1.29, 1.82) is 0 Å². The molecule has 0 bridgehead atoms. The summed E-state index contributed by atoms with van der Waals surface area (Å²) in [5, 5.41) is 7.77. The van der Waals surface area contributed by atoms with Crippen LogP contribution < -0.4 is 10.2 Å². The molecule has 2 aliphatic heterocycles. The van der Waals surface area contributed by atoms with E-state index in [-0.39, 0.29) is 11.9 Å². The lowest BCUT2D eigenvalue weighted by Gasteiger charge is -2.32. The molecule has 4 aromatic rings. The molecule has 11 heteroatoms. The zero-order valence-electron chi connectivity index (χ0n) is 22.2. The molecule has 0 saturated carbocycles. The minimum absolute atomic E-state index is 0.314. The topological polar surface area (TPSA) is 69.0 Å². The molecule has 40 heavy (non-hydrogen) atoms. The van der Waals surface area contributed by atoms with Crippen molar-refractivity contribution in [3.8, 4) is 0 Å². The van der Waals surface area contributed by atoms with E-state index in [1.807, 2.05) is 11.0 Å². The third-order valence-electron chi connectivity index (χ3n) is 7.77. The Kier molecular flexibility index (Phi) is 7.39. The Bertz CT molecular complexity index is 1550. The number of likely N-dealkylation sites (N-methyl/N-ethyl adjacent to an activating group) is 1. The molecule has 2 saturated heterocycles. The highest BCUT2D eigenvalue weighted by Gasteiger charge is 2.30. The molecule has 6 rings (SSSR count). The Morgan fingerprint density at radius 2 is 1.90 bits per heavy atom. The summed E-state index contributed by atoms with van der Waals surface area (Å²) in [4.78, 5) is 24.5. The average molecular weight is 566 g/mol. The van der Waals surface area contributed by atoms with Crippen molar-refractivity contribution in [3.05, 3.63) is 88.2 Å². The molecular formula is C29H30ClF2N7O. The molecule has 1 amide bonds. The molecule has 1 unspecified atom stereocenters. The van der Waals surface area contributed by atoms with Crippen LogP contribution in [-0.4, -0.2) is 70.1 Å². The minimum Gasteiger partial charge on any atom is -0.349 e. The lowest BCUT2D eigenvalue weighted by molar-refractivity contribution is 0.102. The van der Waals surface area contributed by atoms with Crippen LogP contribution in [0, 0.1) is 11.6 Å². The Morgan fingerprint density at radius 1 is 1.07 bits per heavy atom. The van der Waals surface area contributed by atoms with Crippen LogP contribution in [0.2, 0.25) is 5.02 Å². The van der Waals surface area contributed by atoms with Crippen LogP contribution in [0.15, 0.2) is 54.9 Å². The third kappa shape index (κ3) is 5.39. The van der Waals surface area contributed by atoms with Crippen LogP contribution >= 0.6 is 11.6 Å². The predicted octanol–water partition coefficient (Wildman–Crippen LogP) is 5.00. The van der Waals surface area contributed by atoms with Crippen molar-refractivity contribution in [2.75, 3.05) is 50.0 Å². The Hall–Kier alpha value is -3.60. The summed E-state index contributed by atoms with van der Waals surface area (Å²) in [6.45, 7) is 5.40. The van der Waals surface area contributed by atoms with Crippen molar-refractivity contribution in [3.63, 3.8) is 0 Å². The second kappa shape index (κ2) is 11.1. The number of amides is 1. The van der Waals surface area contributed by atoms with Crippen molar-refractivity contribution in [1.82, 2.24) is 24.4 Å². The molecule has 2 fully saturated rings. The molecule has 0 radical (unpaired) electrons. The summed E-state index contributed by atoms with van der Waals surface area (Å²) < 4.78 is 30.1. The fraction of sp³-hybridized carbons (Fsp3) is 0.345. The highest BCUT2D eigenvalue weighted by molar-refractivity contribution is 6.31. The van der Waals surface area contributed by atoms with Gasteiger partial charge in [0.05, 0.1) is 12.2 Å². The van der Waals surface area contributed by atoms with E-state index in [0.29, 0.717) is 46.3 Å². The second-order valence-corrected chi connectivity index (χ2v) is 10.9. The van der Waals surface area contributed by atoms with E-state index in [2.05, 4.69) is 27.3 Å². The summed E-state index contributed by atoms with van der Waals surface area (Å²) in [7, 11) is 2.12. The van der Waals surface area contributed by atoms with Crippen molar-refractivity contribution in [2.24, 2.45) is 0 Å². The van der Waals surface area contributed by atoms with E-state index in [9.17, 15) is 13.6 Å². The third-order valence-corrected chi connectivity index (χ3v) is 8.12. The first-order valence-electron chi connectivity index (χ1n) is 13.4. The number of carbonyl (C=O) groups is 1. The molecule has 2 aromatic carbocycles. The number of halogens is 3. The van der Waals surface area contributed by atoms with Crippen molar-refractivity contribution < 1.29 is 13.6 Å². The summed E-state index contributed by atoms with van der Waals surface area (Å²) >= 11 is 6.58. The number of hydrogen-bond donors (Lipinski definition) is 1. The van der Waals surface area contributed by atoms with E-state index >= 15 is 0 Å². The number of fused-ring (bicyclic) bond motifs is 1. The first-order chi connectivity index (χ1) is 19.4. The standard InChI is InChI=1S/C29H30ClF2N7O/c1-36-11-13-37(14-12-36)18-20-5-4-19(15-23(20)30)29(40)34-25-17-33-39-10-8-27(35-28(25)39)38-9-2-3-26(38)22-16-21(31)6-7-24(22)32/h4-8,10,15-17,26H,2-3,9,11-14,18H2,1H3,(H,34,40). The number of benzene rings is 2. The van der Waals surface area contributed by atoms with Crippen LogP contribution in [-0.2, 0) is 6.54 Å². The smallest absolute Gasteiger partial charge is 0.255 e. The normalized spacial score (nSPS) is 18.5. The molecule has 0 aliphatic carbocycles. The number of nitrogens with one attached hydrogen (secondary N) is 1. The van der Waals surface area contributed by atoms with Crippen LogP contribution in [0.3, 0.4) is 0 Å². The first-order valence-corrected chi connectivity index (χ1v) is 13.8. The van der Waals surface area contributed by atoms with Gasteiger partial charge < -0.3 is 15.1 Å². The minimum atomic E-state index is -0.472. The fourth-order valence-corrected chi connectivity index (χ4v) is 5.74. The number of carbonyl (C=O) groups excluding carboxylic acids is 1. The number of aromatic nitrogens is 3. The highest BCUT2D eigenvalue weighted by Crippen LogP contribution is 2.37. The molecule has 8 nitrogen and oxygen atoms in total. The van der Waals surface area contributed by atoms with E-state index in [4.69, 9.17) is 16.6 Å². The van der Waals surface area contributed by atoms with Gasteiger partial charge in [-0.2, -0.15) is 5.10 Å². The lowest BCUT2D eigenvalue weighted by atomic mass is 10.0. The van der Waals surface area contributed by atoms with Gasteiger partial charge in [0.25, 0.3) is 5.91 Å². The average Bonchev–Trinajstić information content (AvgIpc) is 3.59. The van der Waals surface area contributed by atoms with Crippen molar-refractivity contribution >= 4 is 34.7 Å². The maximum Gasteiger partial charge on any atom is 0.255 e. The van der Waals surface area contributed by atoms with Gasteiger partial charge in [-0.05, 0) is 61.9 Å². The summed E-state index contributed by atoms with van der Waals surface area (Å²) in [6, 6.07) is 10.4. The Balaban J connectivity index is 1.20. The number of anilines is 2. The van der Waals surface area contributed by atoms with E-state index in [1.165, 1.54) is 6.07 Å². The predicted molar refractivity (Wildman–Crippen MR) is 151 cm³/mol. The molecule has 2 aromatic heterocycles. The Morgan fingerprint density at radius 3 is 2.70 bits per heavy atom. The maximum atomic E-state index is 14.6. The van der Waals surface area contributed by atoms with Crippen LogP contribution in [0.1, 0.15) is 40.4 Å². The number of hydrogen-bond acceptors (Lipinski definition) is 6. The molecule has 2 aliphatic rings. The van der Waals surface area contributed by atoms with E-state index < -0.39 is 11.6 Å². The van der Waals surface area contributed by atoms with Gasteiger partial charge in [-0.1, -0.05) is 17.7 Å². The van der Waals surface area contributed by atoms with Crippen LogP contribution in [0.4, 0.5) is 20.3 Å². The lowest BCUT2D eigenvalue weighted by Crippen LogP contribution is -2.43. The molecular weight excluding hydrogens is 536 g/mol.